The number of likely N-dealkylation sites (tertiary alicyclic amines) is 1. The summed E-state index contributed by atoms with van der Waals surface area (Å²) >= 11 is 0. The van der Waals surface area contributed by atoms with Gasteiger partial charge in [-0.15, -0.1) is 5.10 Å². The van der Waals surface area contributed by atoms with E-state index in [0.29, 0.717) is 25.3 Å². The van der Waals surface area contributed by atoms with Gasteiger partial charge in [-0.3, -0.25) is 4.79 Å². The van der Waals surface area contributed by atoms with Gasteiger partial charge >= 0.3 is 0 Å². The zero-order chi connectivity index (χ0) is 17.4. The lowest BCUT2D eigenvalue weighted by molar-refractivity contribution is 0.0488. The molecule has 0 bridgehead atoms. The number of aromatic nitrogens is 6. The van der Waals surface area contributed by atoms with Crippen LogP contribution in [0.2, 0.25) is 0 Å². The predicted octanol–water partition coefficient (Wildman–Crippen LogP) is 0.893. The monoisotopic (exact) mass is 345 g/mol. The number of hydrogen-bond acceptors (Lipinski definition) is 5. The normalized spacial score (nSPS) is 14.6. The summed E-state index contributed by atoms with van der Waals surface area (Å²) in [6.45, 7) is 1.02. The summed E-state index contributed by atoms with van der Waals surface area (Å²) in [5.41, 5.74) is 0.158. The van der Waals surface area contributed by atoms with Crippen LogP contribution in [0, 0.1) is 11.6 Å². The van der Waals surface area contributed by atoms with Crippen LogP contribution in [0.25, 0.3) is 0 Å². The molecular formula is C15H13F2N7O. The van der Waals surface area contributed by atoms with Gasteiger partial charge in [0.2, 0.25) is 0 Å². The van der Waals surface area contributed by atoms with Crippen LogP contribution in [0.3, 0.4) is 0 Å². The summed E-state index contributed by atoms with van der Waals surface area (Å²) < 4.78 is 29.0. The average Bonchev–Trinajstić information content (AvgIpc) is 3.18. The van der Waals surface area contributed by atoms with E-state index in [1.54, 1.807) is 23.3 Å². The second kappa shape index (κ2) is 6.04. The van der Waals surface area contributed by atoms with Crippen LogP contribution in [-0.4, -0.2) is 53.9 Å². The van der Waals surface area contributed by atoms with Crippen molar-refractivity contribution in [3.05, 3.63) is 59.7 Å². The summed E-state index contributed by atoms with van der Waals surface area (Å²) in [6.07, 6.45) is 4.89. The van der Waals surface area contributed by atoms with Crippen LogP contribution < -0.4 is 0 Å². The highest BCUT2D eigenvalue weighted by atomic mass is 19.1. The molecule has 3 aromatic rings. The fraction of sp³-hybridized carbons (Fsp3) is 0.267. The Kier molecular flexibility index (Phi) is 3.71. The maximum Gasteiger partial charge on any atom is 0.259 e. The van der Waals surface area contributed by atoms with Crippen LogP contribution in [0.5, 0.6) is 0 Å². The van der Waals surface area contributed by atoms with Gasteiger partial charge in [0, 0.05) is 13.1 Å². The summed E-state index contributed by atoms with van der Waals surface area (Å²) in [7, 11) is 0. The molecule has 8 nitrogen and oxygen atoms in total. The fourth-order valence-corrected chi connectivity index (χ4v) is 2.68. The minimum absolute atomic E-state index is 0.0781. The van der Waals surface area contributed by atoms with Gasteiger partial charge in [0.1, 0.15) is 29.4 Å². The molecule has 0 saturated carbocycles. The molecule has 0 radical (unpaired) electrons. The maximum atomic E-state index is 13.7. The number of carbonyl (C=O) groups excluding carboxylic acids is 1. The summed E-state index contributed by atoms with van der Waals surface area (Å²) in [4.78, 5) is 15.1. The van der Waals surface area contributed by atoms with Crippen molar-refractivity contribution in [3.8, 4) is 0 Å². The minimum atomic E-state index is -0.858. The molecule has 1 amide bonds. The first-order valence-corrected chi connectivity index (χ1v) is 7.60. The maximum absolute atomic E-state index is 13.7. The summed E-state index contributed by atoms with van der Waals surface area (Å²) in [5, 5.41) is 16.1. The van der Waals surface area contributed by atoms with Crippen LogP contribution in [0.4, 0.5) is 8.78 Å². The molecule has 3 heterocycles. The number of halogens is 2. The average molecular weight is 345 g/mol. The van der Waals surface area contributed by atoms with E-state index in [-0.39, 0.29) is 6.04 Å². The van der Waals surface area contributed by atoms with Crippen LogP contribution in [-0.2, 0) is 6.54 Å². The van der Waals surface area contributed by atoms with Crippen LogP contribution >= 0.6 is 0 Å². The standard InChI is InChI=1S/C15H13F2N7O/c16-12-2-1-3-13(17)14(12)15(25)22-8-11(9-22)23-6-10(20-21-23)7-24-18-4-5-19-24/h1-6,11H,7-9H2. The molecule has 1 aliphatic heterocycles. The van der Waals surface area contributed by atoms with E-state index in [0.717, 1.165) is 12.1 Å². The van der Waals surface area contributed by atoms with Gasteiger partial charge in [-0.05, 0) is 12.1 Å². The first kappa shape index (κ1) is 15.4. The van der Waals surface area contributed by atoms with Gasteiger partial charge in [0.25, 0.3) is 5.91 Å². The zero-order valence-corrected chi connectivity index (χ0v) is 13.0. The molecule has 1 saturated heterocycles. The molecule has 128 valence electrons. The number of carbonyl (C=O) groups is 1. The lowest BCUT2D eigenvalue weighted by atomic mass is 10.1. The van der Waals surface area contributed by atoms with Gasteiger partial charge in [0.15, 0.2) is 0 Å². The Morgan fingerprint density at radius 1 is 1.16 bits per heavy atom. The van der Waals surface area contributed by atoms with E-state index in [1.807, 2.05) is 0 Å². The number of amides is 1. The predicted molar refractivity (Wildman–Crippen MR) is 80.4 cm³/mol. The molecule has 0 spiro atoms. The van der Waals surface area contributed by atoms with Crippen molar-refractivity contribution in [3.63, 3.8) is 0 Å². The molecule has 4 rings (SSSR count). The van der Waals surface area contributed by atoms with Crippen molar-refractivity contribution in [2.45, 2.75) is 12.6 Å². The number of hydrogen-bond donors (Lipinski definition) is 0. The van der Waals surface area contributed by atoms with Gasteiger partial charge in [-0.1, -0.05) is 11.3 Å². The van der Waals surface area contributed by atoms with Crippen molar-refractivity contribution in [1.29, 1.82) is 0 Å². The van der Waals surface area contributed by atoms with Gasteiger partial charge in [-0.25, -0.2) is 13.5 Å². The molecular weight excluding hydrogens is 332 g/mol. The van der Waals surface area contributed by atoms with E-state index < -0.39 is 23.1 Å². The third-order valence-electron chi connectivity index (χ3n) is 4.03. The van der Waals surface area contributed by atoms with Gasteiger partial charge < -0.3 is 4.90 Å². The lowest BCUT2D eigenvalue weighted by Gasteiger charge is -2.38. The molecule has 25 heavy (non-hydrogen) atoms. The third kappa shape index (κ3) is 2.86. The first-order valence-electron chi connectivity index (χ1n) is 7.60. The number of nitrogens with zero attached hydrogens (tertiary/aromatic N) is 7. The van der Waals surface area contributed by atoms with Crippen molar-refractivity contribution in [2.24, 2.45) is 0 Å². The Hall–Kier alpha value is -3.17. The summed E-state index contributed by atoms with van der Waals surface area (Å²) in [6, 6.07) is 3.29. The molecule has 0 unspecified atom stereocenters. The van der Waals surface area contributed by atoms with E-state index in [2.05, 4.69) is 20.5 Å². The van der Waals surface area contributed by atoms with Crippen molar-refractivity contribution in [1.82, 2.24) is 34.9 Å². The van der Waals surface area contributed by atoms with E-state index in [1.165, 1.54) is 15.8 Å². The molecule has 1 aliphatic rings. The number of benzene rings is 1. The molecule has 1 aromatic carbocycles. The molecule has 0 atom stereocenters. The highest BCUT2D eigenvalue weighted by molar-refractivity contribution is 5.95. The first-order chi connectivity index (χ1) is 12.1. The molecule has 10 heteroatoms. The smallest absolute Gasteiger partial charge is 0.259 e. The second-order valence-electron chi connectivity index (χ2n) is 5.71. The minimum Gasteiger partial charge on any atom is -0.334 e. The van der Waals surface area contributed by atoms with E-state index >= 15 is 0 Å². The Morgan fingerprint density at radius 2 is 1.84 bits per heavy atom. The lowest BCUT2D eigenvalue weighted by Crippen LogP contribution is -2.51. The van der Waals surface area contributed by atoms with Crippen molar-refractivity contribution < 1.29 is 13.6 Å². The van der Waals surface area contributed by atoms with Crippen LogP contribution in [0.15, 0.2) is 36.8 Å². The Labute approximate surface area is 140 Å². The van der Waals surface area contributed by atoms with E-state index in [4.69, 9.17) is 0 Å². The van der Waals surface area contributed by atoms with Gasteiger partial charge in [-0.2, -0.15) is 15.0 Å². The topological polar surface area (TPSA) is 81.7 Å². The Morgan fingerprint density at radius 3 is 2.52 bits per heavy atom. The SMILES string of the molecule is O=C(c1c(F)cccc1F)N1CC(n2cc(Cn3nccn3)nn2)C1. The quantitative estimate of drug-likeness (QED) is 0.701. The third-order valence-corrected chi connectivity index (χ3v) is 4.03. The van der Waals surface area contributed by atoms with Crippen molar-refractivity contribution in [2.75, 3.05) is 13.1 Å². The Bertz CT molecular complexity index is 882. The molecule has 0 N–H and O–H groups in total. The number of rotatable bonds is 4. The van der Waals surface area contributed by atoms with Gasteiger partial charge in [0.05, 0.1) is 24.6 Å². The van der Waals surface area contributed by atoms with E-state index in [9.17, 15) is 13.6 Å². The van der Waals surface area contributed by atoms with Crippen LogP contribution in [0.1, 0.15) is 22.1 Å². The largest absolute Gasteiger partial charge is 0.334 e. The molecule has 1 fully saturated rings. The Balaban J connectivity index is 1.40. The molecule has 0 aliphatic carbocycles. The zero-order valence-electron chi connectivity index (χ0n) is 13.0. The summed E-state index contributed by atoms with van der Waals surface area (Å²) in [5.74, 6) is -2.38. The molecule has 2 aromatic heterocycles. The highest BCUT2D eigenvalue weighted by Crippen LogP contribution is 2.24. The second-order valence-corrected chi connectivity index (χ2v) is 5.71. The van der Waals surface area contributed by atoms with Crippen molar-refractivity contribution >= 4 is 5.91 Å². The highest BCUT2D eigenvalue weighted by Gasteiger charge is 2.35. The fourth-order valence-electron chi connectivity index (χ4n) is 2.68.